The first-order valence-corrected chi connectivity index (χ1v) is 9.78. The molecule has 0 aliphatic rings. The molecule has 3 aromatic rings. The molecule has 0 aliphatic carbocycles. The second-order valence-electron chi connectivity index (χ2n) is 6.30. The number of hydrogen-bond donors (Lipinski definition) is 1. The number of hydrogen-bond acceptors (Lipinski definition) is 6. The molecule has 0 bridgehead atoms. The topological polar surface area (TPSA) is 81.4 Å². The summed E-state index contributed by atoms with van der Waals surface area (Å²) >= 11 is 1.42. The minimum Gasteiger partial charge on any atom is -0.452 e. The van der Waals surface area contributed by atoms with Crippen LogP contribution in [0.2, 0.25) is 0 Å². The smallest absolute Gasteiger partial charge is 0.339 e. The SMILES string of the molecule is Cc1cc(CSc2ccccc2C(=O)OCC(=O)Nc2ccc(C)c(F)c2)no1. The van der Waals surface area contributed by atoms with Gasteiger partial charge in [0.25, 0.3) is 5.91 Å². The van der Waals surface area contributed by atoms with Crippen molar-refractivity contribution in [2.24, 2.45) is 0 Å². The zero-order valence-corrected chi connectivity index (χ0v) is 16.7. The normalized spacial score (nSPS) is 10.6. The fourth-order valence-corrected chi connectivity index (χ4v) is 3.40. The van der Waals surface area contributed by atoms with E-state index in [0.29, 0.717) is 33.2 Å². The maximum atomic E-state index is 13.6. The van der Waals surface area contributed by atoms with Crippen LogP contribution in [0, 0.1) is 19.7 Å². The van der Waals surface area contributed by atoms with Gasteiger partial charge in [-0.15, -0.1) is 11.8 Å². The molecule has 1 N–H and O–H groups in total. The maximum Gasteiger partial charge on any atom is 0.339 e. The van der Waals surface area contributed by atoms with Crippen LogP contribution in [0.25, 0.3) is 0 Å². The van der Waals surface area contributed by atoms with E-state index < -0.39 is 24.3 Å². The quantitative estimate of drug-likeness (QED) is 0.452. The summed E-state index contributed by atoms with van der Waals surface area (Å²) in [5, 5.41) is 6.43. The number of nitrogens with zero attached hydrogens (tertiary/aromatic N) is 1. The van der Waals surface area contributed by atoms with E-state index in [9.17, 15) is 14.0 Å². The van der Waals surface area contributed by atoms with Crippen LogP contribution in [0.5, 0.6) is 0 Å². The number of anilines is 1. The van der Waals surface area contributed by atoms with Crippen LogP contribution in [-0.2, 0) is 15.3 Å². The summed E-state index contributed by atoms with van der Waals surface area (Å²) in [6.07, 6.45) is 0. The Hall–Kier alpha value is -3.13. The third-order valence-corrected chi connectivity index (χ3v) is 5.06. The minimum absolute atomic E-state index is 0.299. The average Bonchev–Trinajstić information content (AvgIpc) is 3.13. The second kappa shape index (κ2) is 9.38. The molecule has 3 rings (SSSR count). The lowest BCUT2D eigenvalue weighted by Crippen LogP contribution is -2.21. The van der Waals surface area contributed by atoms with Crippen molar-refractivity contribution in [1.29, 1.82) is 0 Å². The van der Waals surface area contributed by atoms with Gasteiger partial charge in [-0.25, -0.2) is 9.18 Å². The number of carbonyl (C=O) groups excluding carboxylic acids is 2. The number of rotatable bonds is 7. The summed E-state index contributed by atoms with van der Waals surface area (Å²) in [6, 6.07) is 13.1. The number of aryl methyl sites for hydroxylation is 2. The van der Waals surface area contributed by atoms with Gasteiger partial charge in [0.1, 0.15) is 11.6 Å². The highest BCUT2D eigenvalue weighted by molar-refractivity contribution is 7.98. The molecule has 0 saturated carbocycles. The van der Waals surface area contributed by atoms with Crippen molar-refractivity contribution in [1.82, 2.24) is 5.16 Å². The molecule has 0 atom stereocenters. The van der Waals surface area contributed by atoms with Crippen molar-refractivity contribution >= 4 is 29.3 Å². The Morgan fingerprint density at radius 1 is 1.17 bits per heavy atom. The molecule has 0 fully saturated rings. The Morgan fingerprint density at radius 2 is 1.97 bits per heavy atom. The van der Waals surface area contributed by atoms with Gasteiger partial charge >= 0.3 is 5.97 Å². The van der Waals surface area contributed by atoms with Gasteiger partial charge in [0.05, 0.1) is 11.3 Å². The standard InChI is InChI=1S/C21H19FN2O4S/c1-13-7-8-15(10-18(13)22)23-20(25)11-27-21(26)17-5-3-4-6-19(17)29-12-16-9-14(2)28-24-16/h3-10H,11-12H2,1-2H3,(H,23,25). The Balaban J connectivity index is 1.57. The highest BCUT2D eigenvalue weighted by atomic mass is 32.2. The molecule has 0 aliphatic heterocycles. The molecule has 2 aromatic carbocycles. The van der Waals surface area contributed by atoms with Gasteiger partial charge in [-0.3, -0.25) is 4.79 Å². The van der Waals surface area contributed by atoms with Crippen molar-refractivity contribution in [3.63, 3.8) is 0 Å². The highest BCUT2D eigenvalue weighted by Gasteiger charge is 2.15. The van der Waals surface area contributed by atoms with Crippen molar-refractivity contribution in [2.45, 2.75) is 24.5 Å². The minimum atomic E-state index is -0.616. The molecule has 0 radical (unpaired) electrons. The summed E-state index contributed by atoms with van der Waals surface area (Å²) in [6.45, 7) is 2.96. The van der Waals surface area contributed by atoms with Gasteiger partial charge in [-0.1, -0.05) is 23.4 Å². The van der Waals surface area contributed by atoms with E-state index in [1.165, 1.54) is 17.8 Å². The molecule has 1 aromatic heterocycles. The summed E-state index contributed by atoms with van der Waals surface area (Å²) < 4.78 is 23.7. The van der Waals surface area contributed by atoms with Crippen molar-refractivity contribution in [3.05, 3.63) is 76.9 Å². The number of aromatic nitrogens is 1. The molecule has 8 heteroatoms. The number of esters is 1. The van der Waals surface area contributed by atoms with Crippen molar-refractivity contribution in [3.8, 4) is 0 Å². The third-order valence-electron chi connectivity index (χ3n) is 3.95. The molecule has 0 spiro atoms. The lowest BCUT2D eigenvalue weighted by atomic mass is 10.2. The van der Waals surface area contributed by atoms with Gasteiger partial charge in [0, 0.05) is 22.4 Å². The number of benzene rings is 2. The molecule has 29 heavy (non-hydrogen) atoms. The average molecular weight is 414 g/mol. The fourth-order valence-electron chi connectivity index (χ4n) is 2.48. The number of halogens is 1. The lowest BCUT2D eigenvalue weighted by Gasteiger charge is -2.10. The number of carbonyl (C=O) groups is 2. The number of nitrogens with one attached hydrogen (secondary N) is 1. The second-order valence-corrected chi connectivity index (χ2v) is 7.32. The van der Waals surface area contributed by atoms with E-state index in [0.717, 1.165) is 5.69 Å². The zero-order chi connectivity index (χ0) is 20.8. The van der Waals surface area contributed by atoms with Gasteiger partial charge in [-0.2, -0.15) is 0 Å². The molecule has 1 amide bonds. The first kappa shape index (κ1) is 20.6. The predicted octanol–water partition coefficient (Wildman–Crippen LogP) is 4.52. The van der Waals surface area contributed by atoms with Gasteiger partial charge in [0.2, 0.25) is 0 Å². The van der Waals surface area contributed by atoms with E-state index >= 15 is 0 Å². The van der Waals surface area contributed by atoms with Crippen LogP contribution >= 0.6 is 11.8 Å². The molecule has 0 unspecified atom stereocenters. The number of amides is 1. The highest BCUT2D eigenvalue weighted by Crippen LogP contribution is 2.26. The maximum absolute atomic E-state index is 13.6. The van der Waals surface area contributed by atoms with E-state index in [1.54, 1.807) is 37.3 Å². The van der Waals surface area contributed by atoms with Gasteiger partial charge in [-0.05, 0) is 43.7 Å². The van der Waals surface area contributed by atoms with Crippen LogP contribution in [0.3, 0.4) is 0 Å². The molecular weight excluding hydrogens is 395 g/mol. The zero-order valence-electron chi connectivity index (χ0n) is 15.9. The van der Waals surface area contributed by atoms with Gasteiger partial charge in [0.15, 0.2) is 6.61 Å². The largest absolute Gasteiger partial charge is 0.452 e. The molecule has 1 heterocycles. The van der Waals surface area contributed by atoms with Crippen LogP contribution in [-0.4, -0.2) is 23.6 Å². The Kier molecular flexibility index (Phi) is 6.66. The summed E-state index contributed by atoms with van der Waals surface area (Å²) in [5.74, 6) is -0.346. The molecule has 0 saturated heterocycles. The Bertz CT molecular complexity index is 1040. The number of ether oxygens (including phenoxy) is 1. The Morgan fingerprint density at radius 3 is 2.69 bits per heavy atom. The molecule has 6 nitrogen and oxygen atoms in total. The Labute approximate surface area is 171 Å². The monoisotopic (exact) mass is 414 g/mol. The summed E-state index contributed by atoms with van der Waals surface area (Å²) in [7, 11) is 0. The first-order chi connectivity index (χ1) is 13.9. The van der Waals surface area contributed by atoms with E-state index in [-0.39, 0.29) is 0 Å². The van der Waals surface area contributed by atoms with Gasteiger partial charge < -0.3 is 14.6 Å². The van der Waals surface area contributed by atoms with Crippen LogP contribution in [0.15, 0.2) is 57.9 Å². The fraction of sp³-hybridized carbons (Fsp3) is 0.190. The van der Waals surface area contributed by atoms with Crippen molar-refractivity contribution in [2.75, 3.05) is 11.9 Å². The molecule has 150 valence electrons. The van der Waals surface area contributed by atoms with E-state index in [4.69, 9.17) is 9.26 Å². The van der Waals surface area contributed by atoms with Crippen LogP contribution in [0.1, 0.15) is 27.4 Å². The van der Waals surface area contributed by atoms with Crippen LogP contribution in [0.4, 0.5) is 10.1 Å². The van der Waals surface area contributed by atoms with E-state index in [1.807, 2.05) is 19.1 Å². The third kappa shape index (κ3) is 5.68. The lowest BCUT2D eigenvalue weighted by molar-refractivity contribution is -0.119. The van der Waals surface area contributed by atoms with Crippen LogP contribution < -0.4 is 5.32 Å². The van der Waals surface area contributed by atoms with Crippen molar-refractivity contribution < 1.29 is 23.2 Å². The summed E-state index contributed by atoms with van der Waals surface area (Å²) in [5.41, 5.74) is 1.89. The number of thioether (sulfide) groups is 1. The predicted molar refractivity (Wildman–Crippen MR) is 107 cm³/mol. The first-order valence-electron chi connectivity index (χ1n) is 8.79. The summed E-state index contributed by atoms with van der Waals surface area (Å²) in [4.78, 5) is 25.1. The van der Waals surface area contributed by atoms with E-state index in [2.05, 4.69) is 10.5 Å². The molecular formula is C21H19FN2O4S.